The average Bonchev–Trinajstić information content (AvgIpc) is 3.69. The molecule has 8 heteroatoms. The van der Waals surface area contributed by atoms with Crippen LogP contribution in [0, 0.1) is 0 Å². The minimum absolute atomic E-state index is 0.111. The maximum absolute atomic E-state index is 12.0. The van der Waals surface area contributed by atoms with Crippen LogP contribution in [0.15, 0.2) is 48.7 Å². The summed E-state index contributed by atoms with van der Waals surface area (Å²) in [5.74, 6) is 1.05. The molecular formula is C26H33ClN4O3. The van der Waals surface area contributed by atoms with Crippen molar-refractivity contribution >= 4 is 23.5 Å². The lowest BCUT2D eigenvalue weighted by atomic mass is 9.96. The fraction of sp³-hybridized carbons (Fsp3) is 0.538. The van der Waals surface area contributed by atoms with Crippen molar-refractivity contribution in [2.24, 2.45) is 0 Å². The number of nitrogens with zero attached hydrogens (tertiary/aromatic N) is 3. The van der Waals surface area contributed by atoms with Gasteiger partial charge in [-0.1, -0.05) is 29.8 Å². The van der Waals surface area contributed by atoms with Gasteiger partial charge in [-0.3, -0.25) is 4.90 Å². The smallest absolute Gasteiger partial charge is 0.407 e. The Labute approximate surface area is 206 Å². The molecule has 1 aromatic carbocycles. The first-order valence-corrected chi connectivity index (χ1v) is 12.7. The van der Waals surface area contributed by atoms with E-state index in [1.807, 2.05) is 30.5 Å². The van der Waals surface area contributed by atoms with Gasteiger partial charge in [-0.2, -0.15) is 0 Å². The van der Waals surface area contributed by atoms with Crippen LogP contribution in [0.25, 0.3) is 0 Å². The Kier molecular flexibility index (Phi) is 7.52. The van der Waals surface area contributed by atoms with E-state index in [9.17, 15) is 4.79 Å². The second kappa shape index (κ2) is 10.9. The van der Waals surface area contributed by atoms with Crippen LogP contribution < -0.4 is 10.2 Å². The van der Waals surface area contributed by atoms with Gasteiger partial charge in [0, 0.05) is 49.0 Å². The molecule has 0 bridgehead atoms. The zero-order valence-electron chi connectivity index (χ0n) is 19.4. The van der Waals surface area contributed by atoms with Crippen LogP contribution in [0.5, 0.6) is 0 Å². The maximum Gasteiger partial charge on any atom is 0.407 e. The highest BCUT2D eigenvalue weighted by molar-refractivity contribution is 6.30. The van der Waals surface area contributed by atoms with Gasteiger partial charge in [0.25, 0.3) is 0 Å². The standard InChI is InChI=1S/C26H33ClN4O3/c27-20-6-4-19(5-7-20)15-23-17-33-24(18-34-26(32)29-21-8-9-21)16-31(23)22-10-13-30(14-11-22)25-3-1-2-12-28-25/h1-7,12,21-24H,8-11,13-18H2,(H,29,32)/t23-,24?/m0/s1. The zero-order valence-corrected chi connectivity index (χ0v) is 20.2. The number of benzene rings is 1. The lowest BCUT2D eigenvalue weighted by molar-refractivity contribution is -0.0989. The molecule has 1 amide bonds. The van der Waals surface area contributed by atoms with Gasteiger partial charge in [0.2, 0.25) is 0 Å². The maximum atomic E-state index is 12.0. The first-order valence-electron chi connectivity index (χ1n) is 12.3. The van der Waals surface area contributed by atoms with E-state index in [0.717, 1.165) is 62.6 Å². The number of aromatic nitrogens is 1. The van der Waals surface area contributed by atoms with E-state index in [-0.39, 0.29) is 24.8 Å². The van der Waals surface area contributed by atoms with E-state index in [4.69, 9.17) is 21.1 Å². The second-order valence-electron chi connectivity index (χ2n) is 9.56. The summed E-state index contributed by atoms with van der Waals surface area (Å²) in [5, 5.41) is 3.64. The Morgan fingerprint density at radius 1 is 1.12 bits per heavy atom. The van der Waals surface area contributed by atoms with Crippen molar-refractivity contribution in [1.82, 2.24) is 15.2 Å². The molecule has 1 saturated carbocycles. The number of hydrogen-bond donors (Lipinski definition) is 1. The number of halogens is 1. The number of carbonyl (C=O) groups excluding carboxylic acids is 1. The number of amides is 1. The number of carbonyl (C=O) groups is 1. The number of alkyl carbamates (subject to hydrolysis) is 1. The van der Waals surface area contributed by atoms with E-state index in [1.54, 1.807) is 0 Å². The number of piperidine rings is 1. The van der Waals surface area contributed by atoms with Gasteiger partial charge in [0.05, 0.1) is 6.61 Å². The van der Waals surface area contributed by atoms with Crippen molar-refractivity contribution in [1.29, 1.82) is 0 Å². The molecule has 2 saturated heterocycles. The Balaban J connectivity index is 1.22. The molecule has 3 fully saturated rings. The summed E-state index contributed by atoms with van der Waals surface area (Å²) in [6.45, 7) is 3.65. The van der Waals surface area contributed by atoms with Gasteiger partial charge in [-0.25, -0.2) is 9.78 Å². The SMILES string of the molecule is O=C(NC1CC1)OCC1CN(C2CCN(c3ccccn3)CC2)[C@@H](Cc2ccc(Cl)cc2)CO1. The molecule has 3 aliphatic rings. The van der Waals surface area contributed by atoms with Crippen molar-refractivity contribution in [3.05, 3.63) is 59.2 Å². The fourth-order valence-electron chi connectivity index (χ4n) is 4.97. The molecule has 1 N–H and O–H groups in total. The number of pyridine rings is 1. The number of nitrogens with one attached hydrogen (secondary N) is 1. The van der Waals surface area contributed by atoms with E-state index in [1.165, 1.54) is 5.56 Å². The molecule has 34 heavy (non-hydrogen) atoms. The molecule has 2 aromatic rings. The van der Waals surface area contributed by atoms with E-state index >= 15 is 0 Å². The number of rotatable bonds is 7. The zero-order chi connectivity index (χ0) is 23.3. The molecule has 2 atom stereocenters. The summed E-state index contributed by atoms with van der Waals surface area (Å²) in [7, 11) is 0. The van der Waals surface area contributed by atoms with E-state index in [0.29, 0.717) is 18.7 Å². The quantitative estimate of drug-likeness (QED) is 0.642. The van der Waals surface area contributed by atoms with Gasteiger partial charge in [0.1, 0.15) is 18.5 Å². The van der Waals surface area contributed by atoms with Gasteiger partial charge in [-0.05, 0) is 61.9 Å². The Morgan fingerprint density at radius 3 is 2.62 bits per heavy atom. The van der Waals surface area contributed by atoms with Gasteiger partial charge < -0.3 is 19.7 Å². The van der Waals surface area contributed by atoms with Gasteiger partial charge >= 0.3 is 6.09 Å². The minimum atomic E-state index is -0.329. The van der Waals surface area contributed by atoms with Crippen LogP contribution in [0.2, 0.25) is 5.02 Å². The molecule has 7 nitrogen and oxygen atoms in total. The van der Waals surface area contributed by atoms with Crippen molar-refractivity contribution in [3.63, 3.8) is 0 Å². The average molecular weight is 485 g/mol. The molecular weight excluding hydrogens is 452 g/mol. The number of anilines is 1. The molecule has 182 valence electrons. The summed E-state index contributed by atoms with van der Waals surface area (Å²) in [5.41, 5.74) is 1.26. The largest absolute Gasteiger partial charge is 0.447 e. The number of hydrogen-bond acceptors (Lipinski definition) is 6. The molecule has 0 spiro atoms. The highest BCUT2D eigenvalue weighted by Crippen LogP contribution is 2.27. The highest BCUT2D eigenvalue weighted by atomic mass is 35.5. The lowest BCUT2D eigenvalue weighted by Gasteiger charge is -2.46. The van der Waals surface area contributed by atoms with Crippen LogP contribution in [-0.2, 0) is 15.9 Å². The van der Waals surface area contributed by atoms with Gasteiger partial charge in [0.15, 0.2) is 0 Å². The van der Waals surface area contributed by atoms with Crippen LogP contribution in [0.1, 0.15) is 31.2 Å². The summed E-state index contributed by atoms with van der Waals surface area (Å²) >= 11 is 6.09. The summed E-state index contributed by atoms with van der Waals surface area (Å²) in [6, 6.07) is 15.2. The van der Waals surface area contributed by atoms with Crippen molar-refractivity contribution in [2.45, 2.75) is 56.3 Å². The number of morpholine rings is 1. The minimum Gasteiger partial charge on any atom is -0.447 e. The van der Waals surface area contributed by atoms with Crippen LogP contribution in [0.3, 0.4) is 0 Å². The van der Waals surface area contributed by atoms with Crippen molar-refractivity contribution < 1.29 is 14.3 Å². The molecule has 1 aromatic heterocycles. The van der Waals surface area contributed by atoms with Crippen molar-refractivity contribution in [3.8, 4) is 0 Å². The number of ether oxygens (including phenoxy) is 2. The van der Waals surface area contributed by atoms with E-state index < -0.39 is 0 Å². The molecule has 1 unspecified atom stereocenters. The Bertz CT molecular complexity index is 933. The van der Waals surface area contributed by atoms with Crippen molar-refractivity contribution in [2.75, 3.05) is 37.7 Å². The third-order valence-electron chi connectivity index (χ3n) is 7.00. The van der Waals surface area contributed by atoms with Gasteiger partial charge in [-0.15, -0.1) is 0 Å². The fourth-order valence-corrected chi connectivity index (χ4v) is 5.09. The predicted molar refractivity (Wildman–Crippen MR) is 132 cm³/mol. The monoisotopic (exact) mass is 484 g/mol. The Hall–Kier alpha value is -2.35. The predicted octanol–water partition coefficient (Wildman–Crippen LogP) is 3.90. The Morgan fingerprint density at radius 2 is 1.91 bits per heavy atom. The summed E-state index contributed by atoms with van der Waals surface area (Å²) in [4.78, 5) is 21.5. The first-order chi connectivity index (χ1) is 16.6. The summed E-state index contributed by atoms with van der Waals surface area (Å²) in [6.07, 6.45) is 6.57. The van der Waals surface area contributed by atoms with Crippen LogP contribution >= 0.6 is 11.6 Å². The molecule has 2 aliphatic heterocycles. The third-order valence-corrected chi connectivity index (χ3v) is 7.25. The third kappa shape index (κ3) is 6.20. The molecule has 1 aliphatic carbocycles. The normalized spacial score (nSPS) is 24.1. The second-order valence-corrected chi connectivity index (χ2v) is 10.00. The van der Waals surface area contributed by atoms with Crippen LogP contribution in [-0.4, -0.2) is 73.1 Å². The molecule has 3 heterocycles. The van der Waals surface area contributed by atoms with Crippen LogP contribution in [0.4, 0.5) is 10.6 Å². The van der Waals surface area contributed by atoms with E-state index in [2.05, 4.69) is 38.3 Å². The molecule has 5 rings (SSSR count). The molecule has 0 radical (unpaired) electrons. The highest BCUT2D eigenvalue weighted by Gasteiger charge is 2.36. The lowest BCUT2D eigenvalue weighted by Crippen LogP contribution is -2.58. The summed E-state index contributed by atoms with van der Waals surface area (Å²) < 4.78 is 11.7. The topological polar surface area (TPSA) is 66.9 Å². The first kappa shape index (κ1) is 23.4.